The number of methoxy groups -OCH3 is 1. The lowest BCUT2D eigenvalue weighted by atomic mass is 9.98. The van der Waals surface area contributed by atoms with Gasteiger partial charge in [-0.2, -0.15) is 0 Å². The van der Waals surface area contributed by atoms with Crippen molar-refractivity contribution in [2.24, 2.45) is 4.99 Å². The molecule has 1 aliphatic heterocycles. The number of para-hydroxylation sites is 1. The molecule has 0 bridgehead atoms. The highest BCUT2D eigenvalue weighted by Crippen LogP contribution is 2.30. The summed E-state index contributed by atoms with van der Waals surface area (Å²) in [7, 11) is 1.54. The summed E-state index contributed by atoms with van der Waals surface area (Å²) < 4.78 is 10.7. The lowest BCUT2D eigenvalue weighted by Gasteiger charge is -2.37. The van der Waals surface area contributed by atoms with E-state index < -0.39 is 0 Å². The van der Waals surface area contributed by atoms with Crippen LogP contribution in [0.2, 0.25) is 0 Å². The zero-order valence-electron chi connectivity index (χ0n) is 15.3. The fourth-order valence-electron chi connectivity index (χ4n) is 3.39. The first-order chi connectivity index (χ1) is 12.7. The van der Waals surface area contributed by atoms with Crippen molar-refractivity contribution in [3.63, 3.8) is 0 Å². The van der Waals surface area contributed by atoms with Gasteiger partial charge in [-0.25, -0.2) is 0 Å². The Bertz CT molecular complexity index is 727. The highest BCUT2D eigenvalue weighted by Gasteiger charge is 2.27. The summed E-state index contributed by atoms with van der Waals surface area (Å²) in [6.45, 7) is 5.39. The van der Waals surface area contributed by atoms with Gasteiger partial charge in [0.2, 0.25) is 0 Å². The largest absolute Gasteiger partial charge is 0.504 e. The molecule has 0 saturated carbocycles. The Balaban J connectivity index is 1.84. The van der Waals surface area contributed by atoms with Gasteiger partial charge in [-0.15, -0.1) is 0 Å². The van der Waals surface area contributed by atoms with Crippen LogP contribution in [0, 0.1) is 0 Å². The summed E-state index contributed by atoms with van der Waals surface area (Å²) in [6, 6.07) is 16.1. The third-order valence-corrected chi connectivity index (χ3v) is 4.74. The van der Waals surface area contributed by atoms with E-state index in [1.54, 1.807) is 19.4 Å². The fraction of sp³-hybridized carbons (Fsp3) is 0.381. The summed E-state index contributed by atoms with van der Waals surface area (Å²) in [5, 5.41) is 10.3. The van der Waals surface area contributed by atoms with E-state index in [9.17, 15) is 5.11 Å². The van der Waals surface area contributed by atoms with E-state index in [4.69, 9.17) is 14.5 Å². The Kier molecular flexibility index (Phi) is 6.26. The number of hydrogen-bond donors (Lipinski definition) is 1. The van der Waals surface area contributed by atoms with Gasteiger partial charge in [0, 0.05) is 24.9 Å². The van der Waals surface area contributed by atoms with Crippen molar-refractivity contribution >= 4 is 6.21 Å². The van der Waals surface area contributed by atoms with Crippen LogP contribution in [0.25, 0.3) is 0 Å². The van der Waals surface area contributed by atoms with E-state index in [0.29, 0.717) is 11.3 Å². The van der Waals surface area contributed by atoms with Gasteiger partial charge in [0.05, 0.1) is 32.4 Å². The first-order valence-corrected chi connectivity index (χ1v) is 8.96. The Morgan fingerprint density at radius 2 is 1.85 bits per heavy atom. The van der Waals surface area contributed by atoms with E-state index in [1.807, 2.05) is 18.2 Å². The average molecular weight is 354 g/mol. The van der Waals surface area contributed by atoms with Crippen LogP contribution >= 0.6 is 0 Å². The minimum atomic E-state index is 0.0288. The SMILES string of the molecule is COc1cccc(C=N[C@@H](C)[C@@H](c2ccccc2)N2CCOCC2)c1O. The molecule has 0 unspecified atom stereocenters. The number of nitrogens with zero attached hydrogens (tertiary/aromatic N) is 2. The molecule has 1 aliphatic rings. The zero-order valence-corrected chi connectivity index (χ0v) is 15.3. The normalized spacial score (nSPS) is 17.9. The number of phenolic OH excluding ortho intramolecular Hbond substituents is 1. The van der Waals surface area contributed by atoms with Gasteiger partial charge in [-0.05, 0) is 24.6 Å². The Labute approximate surface area is 154 Å². The van der Waals surface area contributed by atoms with Crippen LogP contribution in [-0.4, -0.2) is 55.7 Å². The molecule has 2 aromatic carbocycles. The number of rotatable bonds is 6. The third kappa shape index (κ3) is 4.23. The number of hydrogen-bond acceptors (Lipinski definition) is 5. The van der Waals surface area contributed by atoms with Crippen LogP contribution in [0.4, 0.5) is 0 Å². The van der Waals surface area contributed by atoms with Gasteiger partial charge in [0.25, 0.3) is 0 Å². The molecule has 1 N–H and O–H groups in total. The van der Waals surface area contributed by atoms with Crippen molar-refractivity contribution in [2.45, 2.75) is 19.0 Å². The van der Waals surface area contributed by atoms with Crippen LogP contribution < -0.4 is 4.74 Å². The number of aromatic hydroxyl groups is 1. The standard InChI is InChI=1S/C21H26N2O3/c1-16(22-15-18-9-6-10-19(25-2)21(18)24)20(17-7-4-3-5-8-17)23-11-13-26-14-12-23/h3-10,15-16,20,24H,11-14H2,1-2H3/t16-,20-/m0/s1. The number of benzene rings is 2. The second kappa shape index (κ2) is 8.83. The van der Waals surface area contributed by atoms with Gasteiger partial charge in [0.15, 0.2) is 11.5 Å². The molecular weight excluding hydrogens is 328 g/mol. The van der Waals surface area contributed by atoms with Gasteiger partial charge in [-0.3, -0.25) is 9.89 Å². The summed E-state index contributed by atoms with van der Waals surface area (Å²) in [5.41, 5.74) is 1.90. The highest BCUT2D eigenvalue weighted by molar-refractivity contribution is 5.84. The quantitative estimate of drug-likeness (QED) is 0.809. The lowest BCUT2D eigenvalue weighted by Crippen LogP contribution is -2.42. The smallest absolute Gasteiger partial charge is 0.166 e. The number of ether oxygens (including phenoxy) is 2. The van der Waals surface area contributed by atoms with Gasteiger partial charge >= 0.3 is 0 Å². The number of aliphatic imine (C=N–C) groups is 1. The molecule has 0 radical (unpaired) electrons. The second-order valence-electron chi connectivity index (χ2n) is 6.42. The van der Waals surface area contributed by atoms with Crippen molar-refractivity contribution in [2.75, 3.05) is 33.4 Å². The highest BCUT2D eigenvalue weighted by atomic mass is 16.5. The summed E-state index contributed by atoms with van der Waals surface area (Å²) in [6.07, 6.45) is 1.74. The van der Waals surface area contributed by atoms with E-state index in [2.05, 4.69) is 36.1 Å². The molecule has 0 aliphatic carbocycles. The Morgan fingerprint density at radius 3 is 2.54 bits per heavy atom. The van der Waals surface area contributed by atoms with Crippen molar-refractivity contribution in [3.05, 3.63) is 59.7 Å². The molecule has 1 heterocycles. The van der Waals surface area contributed by atoms with Crippen LogP contribution in [0.5, 0.6) is 11.5 Å². The molecule has 26 heavy (non-hydrogen) atoms. The maximum atomic E-state index is 10.3. The third-order valence-electron chi connectivity index (χ3n) is 4.74. The monoisotopic (exact) mass is 354 g/mol. The maximum absolute atomic E-state index is 10.3. The van der Waals surface area contributed by atoms with Crippen LogP contribution in [0.1, 0.15) is 24.1 Å². The zero-order chi connectivity index (χ0) is 18.4. The van der Waals surface area contributed by atoms with E-state index in [0.717, 1.165) is 26.3 Å². The summed E-state index contributed by atoms with van der Waals surface area (Å²) in [5.74, 6) is 0.572. The lowest BCUT2D eigenvalue weighted by molar-refractivity contribution is 0.0119. The molecule has 5 nitrogen and oxygen atoms in total. The predicted octanol–water partition coefficient (Wildman–Crippen LogP) is 3.28. The number of morpholine rings is 1. The van der Waals surface area contributed by atoms with Crippen molar-refractivity contribution in [1.29, 1.82) is 0 Å². The Hall–Kier alpha value is -2.37. The molecule has 0 aromatic heterocycles. The molecule has 1 saturated heterocycles. The molecule has 138 valence electrons. The summed E-state index contributed by atoms with van der Waals surface area (Å²) in [4.78, 5) is 7.18. The Morgan fingerprint density at radius 1 is 1.12 bits per heavy atom. The van der Waals surface area contributed by atoms with Crippen molar-refractivity contribution in [1.82, 2.24) is 4.90 Å². The van der Waals surface area contributed by atoms with Gasteiger partial charge in [0.1, 0.15) is 0 Å². The van der Waals surface area contributed by atoms with Gasteiger partial charge in [-0.1, -0.05) is 36.4 Å². The van der Waals surface area contributed by atoms with E-state index in [-0.39, 0.29) is 17.8 Å². The van der Waals surface area contributed by atoms with Gasteiger partial charge < -0.3 is 14.6 Å². The minimum Gasteiger partial charge on any atom is -0.504 e. The summed E-state index contributed by atoms with van der Waals surface area (Å²) >= 11 is 0. The minimum absolute atomic E-state index is 0.0288. The molecule has 0 spiro atoms. The molecule has 1 fully saturated rings. The molecular formula is C21H26N2O3. The predicted molar refractivity (Wildman–Crippen MR) is 103 cm³/mol. The van der Waals surface area contributed by atoms with E-state index in [1.165, 1.54) is 5.56 Å². The molecule has 2 aromatic rings. The molecule has 0 amide bonds. The first kappa shape index (κ1) is 18.4. The first-order valence-electron chi connectivity index (χ1n) is 8.96. The fourth-order valence-corrected chi connectivity index (χ4v) is 3.39. The van der Waals surface area contributed by atoms with Crippen molar-refractivity contribution < 1.29 is 14.6 Å². The molecule has 3 rings (SSSR count). The molecule has 2 atom stereocenters. The molecule has 5 heteroatoms. The van der Waals surface area contributed by atoms with Crippen LogP contribution in [0.3, 0.4) is 0 Å². The van der Waals surface area contributed by atoms with E-state index >= 15 is 0 Å². The van der Waals surface area contributed by atoms with Crippen molar-refractivity contribution in [3.8, 4) is 11.5 Å². The number of phenols is 1. The second-order valence-corrected chi connectivity index (χ2v) is 6.42. The van der Waals surface area contributed by atoms with Crippen LogP contribution in [0.15, 0.2) is 53.5 Å². The average Bonchev–Trinajstić information content (AvgIpc) is 2.69. The maximum Gasteiger partial charge on any atom is 0.166 e. The van der Waals surface area contributed by atoms with Crippen LogP contribution in [-0.2, 0) is 4.74 Å². The topological polar surface area (TPSA) is 54.3 Å².